The second kappa shape index (κ2) is 3.69. The molecule has 0 bridgehead atoms. The number of terminal acetylenes is 1. The van der Waals surface area contributed by atoms with E-state index in [2.05, 4.69) is 10.3 Å². The normalized spacial score (nSPS) is 8.85. The molecule has 0 spiro atoms. The van der Waals surface area contributed by atoms with Crippen molar-refractivity contribution in [2.45, 2.75) is 0 Å². The number of nitrogens with zero attached hydrogens (tertiary/aromatic N) is 1. The van der Waals surface area contributed by atoms with Crippen LogP contribution in [0, 0.1) is 12.3 Å². The monoisotopic (exact) mass is 196 g/mol. The van der Waals surface area contributed by atoms with Crippen LogP contribution >= 0.6 is 11.3 Å². The number of aromatic carboxylic acids is 1. The minimum absolute atomic E-state index is 0.0484. The number of hydrogen-bond donors (Lipinski definition) is 2. The van der Waals surface area contributed by atoms with Crippen LogP contribution in [0.3, 0.4) is 0 Å². The lowest BCUT2D eigenvalue weighted by Gasteiger charge is -1.90. The fraction of sp³-hybridized carbons (Fsp3) is 0. The molecule has 6 heteroatoms. The van der Waals surface area contributed by atoms with Crippen molar-refractivity contribution in [1.82, 2.24) is 4.98 Å². The van der Waals surface area contributed by atoms with E-state index in [0.717, 1.165) is 17.5 Å². The van der Waals surface area contributed by atoms with Crippen molar-refractivity contribution in [3.8, 4) is 12.3 Å². The molecule has 66 valence electrons. The van der Waals surface area contributed by atoms with E-state index in [1.165, 1.54) is 0 Å². The molecule has 1 aromatic rings. The maximum Gasteiger partial charge on any atom is 0.347 e. The Kier molecular flexibility index (Phi) is 2.62. The van der Waals surface area contributed by atoms with Crippen LogP contribution < -0.4 is 5.32 Å². The molecule has 1 aromatic heterocycles. The van der Waals surface area contributed by atoms with Gasteiger partial charge in [0.15, 0.2) is 5.13 Å². The molecule has 5 nitrogen and oxygen atoms in total. The summed E-state index contributed by atoms with van der Waals surface area (Å²) in [6, 6.07) is 0. The van der Waals surface area contributed by atoms with Crippen LogP contribution in [0.4, 0.5) is 5.13 Å². The molecule has 0 saturated heterocycles. The lowest BCUT2D eigenvalue weighted by molar-refractivity contribution is -0.111. The van der Waals surface area contributed by atoms with Gasteiger partial charge in [0.2, 0.25) is 0 Å². The number of carboxylic acid groups (broad SMARTS) is 1. The standard InChI is InChI=1S/C7H4N2O3S/c1-2-5(10)9-7-8-3-4(13-7)6(11)12/h1,3H,(H,11,12)(H,8,9,10). The van der Waals surface area contributed by atoms with Gasteiger partial charge in [-0.15, -0.1) is 6.42 Å². The number of amides is 1. The van der Waals surface area contributed by atoms with Crippen LogP contribution in [0.25, 0.3) is 0 Å². The highest BCUT2D eigenvalue weighted by molar-refractivity contribution is 7.17. The Labute approximate surface area is 77.4 Å². The maximum atomic E-state index is 10.6. The summed E-state index contributed by atoms with van der Waals surface area (Å²) in [7, 11) is 0. The Morgan fingerprint density at radius 1 is 1.69 bits per heavy atom. The Morgan fingerprint density at radius 2 is 2.38 bits per heavy atom. The molecule has 0 atom stereocenters. The SMILES string of the molecule is C#CC(=O)Nc1ncc(C(=O)O)s1. The van der Waals surface area contributed by atoms with E-state index in [1.54, 1.807) is 0 Å². The predicted octanol–water partition coefficient (Wildman–Crippen LogP) is 0.413. The van der Waals surface area contributed by atoms with Crippen LogP contribution in [0.5, 0.6) is 0 Å². The second-order valence-electron chi connectivity index (χ2n) is 1.93. The molecule has 1 rings (SSSR count). The summed E-state index contributed by atoms with van der Waals surface area (Å²) in [5, 5.41) is 10.9. The van der Waals surface area contributed by atoms with Crippen molar-refractivity contribution in [3.63, 3.8) is 0 Å². The number of carbonyl (C=O) groups excluding carboxylic acids is 1. The largest absolute Gasteiger partial charge is 0.477 e. The van der Waals surface area contributed by atoms with Gasteiger partial charge in [-0.2, -0.15) is 0 Å². The van der Waals surface area contributed by atoms with Crippen LogP contribution in [0.1, 0.15) is 9.67 Å². The Hall–Kier alpha value is -1.87. The fourth-order valence-corrected chi connectivity index (χ4v) is 1.21. The van der Waals surface area contributed by atoms with Gasteiger partial charge in [0, 0.05) is 0 Å². The zero-order chi connectivity index (χ0) is 9.84. The smallest absolute Gasteiger partial charge is 0.347 e. The van der Waals surface area contributed by atoms with Crippen LogP contribution in [0.2, 0.25) is 0 Å². The number of thiazole rings is 1. The third-order valence-corrected chi connectivity index (χ3v) is 1.97. The van der Waals surface area contributed by atoms with E-state index < -0.39 is 11.9 Å². The van der Waals surface area contributed by atoms with Crippen molar-refractivity contribution in [2.24, 2.45) is 0 Å². The summed E-state index contributed by atoms with van der Waals surface area (Å²) in [6.45, 7) is 0. The molecule has 0 aliphatic rings. The van der Waals surface area contributed by atoms with Gasteiger partial charge in [-0.25, -0.2) is 9.78 Å². The van der Waals surface area contributed by atoms with E-state index >= 15 is 0 Å². The van der Waals surface area contributed by atoms with Gasteiger partial charge >= 0.3 is 11.9 Å². The highest BCUT2D eigenvalue weighted by Crippen LogP contribution is 2.17. The second-order valence-corrected chi connectivity index (χ2v) is 2.96. The zero-order valence-corrected chi connectivity index (χ0v) is 7.09. The molecule has 1 heterocycles. The first-order valence-corrected chi connectivity index (χ1v) is 3.92. The molecule has 0 unspecified atom stereocenters. The number of nitrogens with one attached hydrogen (secondary N) is 1. The van der Waals surface area contributed by atoms with Crippen LogP contribution in [-0.2, 0) is 4.79 Å². The highest BCUT2D eigenvalue weighted by atomic mass is 32.1. The molecule has 0 fully saturated rings. The average Bonchev–Trinajstić information content (AvgIpc) is 2.52. The molecular formula is C7H4N2O3S. The maximum absolute atomic E-state index is 10.6. The number of carboxylic acids is 1. The van der Waals surface area contributed by atoms with Gasteiger partial charge in [0.1, 0.15) is 4.88 Å². The van der Waals surface area contributed by atoms with Crippen molar-refractivity contribution in [1.29, 1.82) is 0 Å². The summed E-state index contributed by atoms with van der Waals surface area (Å²) in [5.74, 6) is 0.0896. The molecule has 0 aliphatic heterocycles. The lowest BCUT2D eigenvalue weighted by atomic mass is 10.6. The number of carbonyl (C=O) groups is 2. The lowest BCUT2D eigenvalue weighted by Crippen LogP contribution is -2.07. The third kappa shape index (κ3) is 2.28. The first-order valence-electron chi connectivity index (χ1n) is 3.10. The highest BCUT2D eigenvalue weighted by Gasteiger charge is 2.09. The summed E-state index contributed by atoms with van der Waals surface area (Å²) in [4.78, 5) is 24.7. The Balaban J connectivity index is 2.76. The average molecular weight is 196 g/mol. The van der Waals surface area contributed by atoms with Crippen LogP contribution in [-0.4, -0.2) is 22.0 Å². The fourth-order valence-electron chi connectivity index (χ4n) is 0.564. The topological polar surface area (TPSA) is 79.3 Å². The molecular weight excluding hydrogens is 192 g/mol. The van der Waals surface area contributed by atoms with E-state index in [1.807, 2.05) is 5.92 Å². The third-order valence-electron chi connectivity index (χ3n) is 1.07. The first kappa shape index (κ1) is 9.22. The van der Waals surface area contributed by atoms with Crippen LogP contribution in [0.15, 0.2) is 6.20 Å². The first-order chi connectivity index (χ1) is 6.13. The molecule has 1 amide bonds. The zero-order valence-electron chi connectivity index (χ0n) is 6.27. The molecule has 2 N–H and O–H groups in total. The van der Waals surface area contributed by atoms with Gasteiger partial charge in [-0.1, -0.05) is 11.3 Å². The van der Waals surface area contributed by atoms with Gasteiger partial charge in [-0.3, -0.25) is 10.1 Å². The van der Waals surface area contributed by atoms with E-state index in [-0.39, 0.29) is 10.0 Å². The number of anilines is 1. The van der Waals surface area contributed by atoms with Crippen molar-refractivity contribution < 1.29 is 14.7 Å². The molecule has 0 radical (unpaired) electrons. The van der Waals surface area contributed by atoms with Crippen molar-refractivity contribution in [2.75, 3.05) is 5.32 Å². The molecule has 0 aliphatic carbocycles. The minimum Gasteiger partial charge on any atom is -0.477 e. The minimum atomic E-state index is -1.08. The summed E-state index contributed by atoms with van der Waals surface area (Å²) in [6.07, 6.45) is 5.94. The quantitative estimate of drug-likeness (QED) is 0.671. The number of aromatic nitrogens is 1. The van der Waals surface area contributed by atoms with E-state index in [0.29, 0.717) is 0 Å². The number of hydrogen-bond acceptors (Lipinski definition) is 4. The van der Waals surface area contributed by atoms with E-state index in [4.69, 9.17) is 11.5 Å². The predicted molar refractivity (Wildman–Crippen MR) is 46.5 cm³/mol. The summed E-state index contributed by atoms with van der Waals surface area (Å²) >= 11 is 0.847. The van der Waals surface area contributed by atoms with Gasteiger partial charge in [0.25, 0.3) is 0 Å². The van der Waals surface area contributed by atoms with Crippen molar-refractivity contribution >= 4 is 28.3 Å². The number of rotatable bonds is 2. The Bertz CT molecular complexity index is 391. The van der Waals surface area contributed by atoms with Crippen molar-refractivity contribution in [3.05, 3.63) is 11.1 Å². The van der Waals surface area contributed by atoms with E-state index in [9.17, 15) is 9.59 Å². The summed E-state index contributed by atoms with van der Waals surface area (Å²) < 4.78 is 0. The summed E-state index contributed by atoms with van der Waals surface area (Å²) in [5.41, 5.74) is 0. The molecule has 13 heavy (non-hydrogen) atoms. The van der Waals surface area contributed by atoms with Gasteiger partial charge in [-0.05, 0) is 5.92 Å². The molecule has 0 saturated carbocycles. The van der Waals surface area contributed by atoms with Gasteiger partial charge in [0.05, 0.1) is 6.20 Å². The Morgan fingerprint density at radius 3 is 2.85 bits per heavy atom. The molecule has 0 aromatic carbocycles. The van der Waals surface area contributed by atoms with Gasteiger partial charge < -0.3 is 5.11 Å².